The highest BCUT2D eigenvalue weighted by atomic mass is 19.4. The van der Waals surface area contributed by atoms with Crippen LogP contribution in [0.4, 0.5) is 71.5 Å². The number of hydrazone groups is 1. The summed E-state index contributed by atoms with van der Waals surface area (Å²) in [5.74, 6) is -22.6. The number of fused-ring (bicyclic) bond motifs is 14. The fourth-order valence-corrected chi connectivity index (χ4v) is 15.4. The lowest BCUT2D eigenvalue weighted by molar-refractivity contribution is -0.318. The molecule has 58 heteroatoms. The van der Waals surface area contributed by atoms with Crippen LogP contribution in [0.3, 0.4) is 0 Å². The van der Waals surface area contributed by atoms with Crippen LogP contribution < -0.4 is 38.7 Å². The largest absolute Gasteiger partial charge is 0.507 e. The van der Waals surface area contributed by atoms with Gasteiger partial charge in [0.05, 0.1) is 89.6 Å². The van der Waals surface area contributed by atoms with Gasteiger partial charge >= 0.3 is 72.5 Å². The molecule has 1 saturated carbocycles. The monoisotopic (exact) mass is 2090 g/mol. The number of aromatic nitrogens is 3. The number of esters is 1. The first-order chi connectivity index (χ1) is 66.1. The number of phenols is 3. The van der Waals surface area contributed by atoms with E-state index in [0.717, 1.165) is 70.0 Å². The van der Waals surface area contributed by atoms with Crippen LogP contribution in [0.1, 0.15) is 153 Å². The predicted molar refractivity (Wildman–Crippen MR) is 465 cm³/mol. The number of aryl methyl sites for hydroxylation is 1. The molecule has 5 bridgehead atoms. The van der Waals surface area contributed by atoms with Gasteiger partial charge in [-0.2, -0.15) is 71.0 Å². The van der Waals surface area contributed by atoms with E-state index < -0.39 is 242 Å². The maximum Gasteiger partial charge on any atom is 0.490 e. The predicted octanol–water partition coefficient (Wildman–Crippen LogP) is 5.31. The number of anilines is 1. The Morgan fingerprint density at radius 1 is 0.608 bits per heavy atom. The number of aliphatic carboxylic acids is 5. The van der Waals surface area contributed by atoms with E-state index in [1.807, 2.05) is 10.9 Å². The number of rotatable bonds is 26. The smallest absolute Gasteiger partial charge is 0.490 e. The number of carboxylic acid groups (broad SMARTS) is 5. The van der Waals surface area contributed by atoms with Crippen molar-refractivity contribution in [3.8, 4) is 23.0 Å². The SMILES string of the molecule is CO[C@H]1/C=C/O[C@@]2(C)Oc3c(C)c(O)c4c(O)c(c(/C=N/N5CCN(Cc6cn(CCCCCCCCCCCCO[C@@H]7[C@@H](O[C@H]8O[C@H](CO)[C@@H](O)[C@H](N)[C@H]8O)[C@H](N)C[C@H](N)[C@H]7O[C@H]7O[C@H](CN)[C@@H](O)C[C@H]7N)nn6)CC5)c(O)c4c3C2=O)NC(=O)/C(C)=C\C=C\[C@H](C)[C@H](O)[C@@H](C)[C@@H](O)[C@@H](C)[C@H](OC(C)=O)[C@@H]1C.O=C(O)C(F)(F)F.O=C(O)C(F)(F)F.O=C(O)C(F)(F)F.O=C(O)C(F)(F)F.O=C(O)C(F)(F)F. The van der Waals surface area contributed by atoms with Crippen molar-refractivity contribution in [3.63, 3.8) is 0 Å². The van der Waals surface area contributed by atoms with Gasteiger partial charge in [0.1, 0.15) is 60.0 Å². The number of hydrogen-bond donors (Lipinski definition) is 20. The van der Waals surface area contributed by atoms with Crippen LogP contribution >= 0.6 is 0 Å². The molecule has 0 radical (unpaired) electrons. The first kappa shape index (κ1) is 125. The zero-order valence-electron chi connectivity index (χ0n) is 78.5. The minimum Gasteiger partial charge on any atom is -0.507 e. The number of aliphatic hydroxyl groups excluding tert-OH is 6. The second-order valence-corrected chi connectivity index (χ2v) is 34.2. The lowest BCUT2D eigenvalue weighted by atomic mass is 9.78. The summed E-state index contributed by atoms with van der Waals surface area (Å²) in [7, 11) is 1.43. The molecule has 0 spiro atoms. The molecule has 3 saturated heterocycles. The van der Waals surface area contributed by atoms with Gasteiger partial charge in [0.25, 0.3) is 11.7 Å². The molecule has 814 valence electrons. The van der Waals surface area contributed by atoms with E-state index in [1.54, 1.807) is 44.9 Å². The van der Waals surface area contributed by atoms with E-state index in [4.69, 9.17) is 126 Å². The Balaban J connectivity index is 0.00000103. The van der Waals surface area contributed by atoms with Crippen molar-refractivity contribution < 1.29 is 218 Å². The molecule has 43 nitrogen and oxygen atoms in total. The van der Waals surface area contributed by atoms with Crippen LogP contribution in [0.2, 0.25) is 0 Å². The number of carbonyl (C=O) groups excluding carboxylic acids is 3. The summed E-state index contributed by atoms with van der Waals surface area (Å²) in [4.78, 5) is 88.2. The summed E-state index contributed by atoms with van der Waals surface area (Å²) in [6.07, 6.45) is -18.9. The summed E-state index contributed by atoms with van der Waals surface area (Å²) >= 11 is 0. The molecular formula is C85H123F15N12O31. The highest BCUT2D eigenvalue weighted by Gasteiger charge is 2.54. The number of ketones is 1. The van der Waals surface area contributed by atoms with Crippen LogP contribution in [0.5, 0.6) is 23.0 Å². The fraction of sp³-hybridized carbons (Fsp3) is 0.682. The molecule has 10 rings (SSSR count). The highest BCUT2D eigenvalue weighted by Crippen LogP contribution is 2.55. The third kappa shape index (κ3) is 36.7. The van der Waals surface area contributed by atoms with Gasteiger partial charge in [-0.25, -0.2) is 24.0 Å². The van der Waals surface area contributed by atoms with Crippen molar-refractivity contribution in [2.75, 3.05) is 58.4 Å². The van der Waals surface area contributed by atoms with Gasteiger partial charge in [0.15, 0.2) is 18.3 Å². The Kier molecular flexibility index (Phi) is 48.4. The average Bonchev–Trinajstić information content (AvgIpc) is 1.57. The minimum atomic E-state index is -5.08. The van der Waals surface area contributed by atoms with Gasteiger partial charge in [-0.1, -0.05) is 103 Å². The molecule has 25 N–H and O–H groups in total. The topological polar surface area (TPSA) is 695 Å². The third-order valence-corrected chi connectivity index (χ3v) is 23.4. The lowest BCUT2D eigenvalue weighted by Crippen LogP contribution is -2.68. The summed E-state index contributed by atoms with van der Waals surface area (Å²) in [5, 5.41) is 155. The van der Waals surface area contributed by atoms with Crippen molar-refractivity contribution in [1.29, 1.82) is 0 Å². The molecule has 7 aliphatic rings. The second-order valence-electron chi connectivity index (χ2n) is 34.2. The third-order valence-electron chi connectivity index (χ3n) is 23.4. The van der Waals surface area contributed by atoms with Gasteiger partial charge in [0.2, 0.25) is 0 Å². The van der Waals surface area contributed by atoms with Crippen LogP contribution in [-0.2, 0) is 84.5 Å². The maximum atomic E-state index is 14.8. The Morgan fingerprint density at radius 3 is 1.58 bits per heavy atom. The summed E-state index contributed by atoms with van der Waals surface area (Å²) in [6.45, 7) is 15.5. The molecule has 1 aliphatic carbocycles. The molecular weight excluding hydrogens is 1970 g/mol. The standard InChI is InChI=1S/C75H118N12O21.5C2HF3O2/c1-38-21-20-22-39(2)72(99)82-58-46(62(94)54-55(64(58)96)61(93)43(6)67-56(54)71(98)75(8,108-67)102-30-23-51(100-9)40(3)66(103-44(7)89)42(5)60(92)41(4)59(38)91)34-81-86-27-25-85(26-28-86)35-45-36-87(84-83-45)24-18-16-14-12-10-11-13-15-17-19-29-101-70-68(106-73-49(79)32-50(90)52(33-76)104-73)47(77)31-48(78)69(70)107-74-65(97)57(80)63(95)53(37-88)105-74;5*3-2(4,5)1(6)7/h20-23,30,34,36,38,40-42,47-53,57,59-60,63,65-66,68-70,73-74,88,90-97H,10-19,24-29,31-33,35,37,76-80H2,1-9H3,(H,82,99);5*(H,6,7)/b21-20+,30-23+,39-22-,81-34+;;;;;/t38-,40+,41+,42+,47-,48+,49+,50-,51-,52+,53+,57-,59-,60+,63+,65+,66+,68+,69-,70-,73+,74+,75-;;;;;/m0...../s1. The number of ether oxygens (including phenoxy) is 9. The second kappa shape index (κ2) is 55.3. The Bertz CT molecular complexity index is 4640. The number of carbonyl (C=O) groups is 8. The zero-order chi connectivity index (χ0) is 109. The van der Waals surface area contributed by atoms with Gasteiger partial charge in [-0.05, 0) is 45.6 Å². The molecule has 0 unspecified atom stereocenters. The normalized spacial score (nSPS) is 29.3. The molecule has 7 heterocycles. The van der Waals surface area contributed by atoms with E-state index in [2.05, 4.69) is 20.5 Å². The fourth-order valence-electron chi connectivity index (χ4n) is 15.4. The summed E-state index contributed by atoms with van der Waals surface area (Å²) < 4.78 is 216. The number of aromatic hydroxyl groups is 3. The number of Topliss-reactive ketones (excluding diaryl/α,β-unsaturated/α-hetero) is 1. The summed E-state index contributed by atoms with van der Waals surface area (Å²) in [6, 6.07) is -3.22. The van der Waals surface area contributed by atoms with Crippen LogP contribution in [-0.4, -0.2) is 350 Å². The number of phenolic OH excluding ortho intramolecular Hbond substituents is 3. The van der Waals surface area contributed by atoms with Crippen molar-refractivity contribution >= 4 is 70.2 Å². The molecule has 143 heavy (non-hydrogen) atoms. The number of unbranched alkanes of at least 4 members (excludes halogenated alkanes) is 9. The Labute approximate surface area is 806 Å². The number of halogens is 15. The van der Waals surface area contributed by atoms with E-state index >= 15 is 0 Å². The lowest BCUT2D eigenvalue weighted by Gasteiger charge is -2.49. The number of nitrogens with zero attached hydrogens (tertiary/aromatic N) is 6. The average molecular weight is 2090 g/mol. The van der Waals surface area contributed by atoms with Crippen LogP contribution in [0.25, 0.3) is 10.8 Å². The number of amides is 1. The molecule has 4 fully saturated rings. The summed E-state index contributed by atoms with van der Waals surface area (Å²) in [5.41, 5.74) is 32.0. The Hall–Kier alpha value is -10.3. The van der Waals surface area contributed by atoms with E-state index in [1.165, 1.54) is 59.4 Å². The quantitative estimate of drug-likeness (QED) is 0.0121. The first-order valence-electron chi connectivity index (χ1n) is 44.2. The van der Waals surface area contributed by atoms with E-state index in [0.29, 0.717) is 45.8 Å². The van der Waals surface area contributed by atoms with E-state index in [-0.39, 0.29) is 63.9 Å². The molecule has 3 aromatic rings. The van der Waals surface area contributed by atoms with Gasteiger partial charge in [-0.3, -0.25) is 29.0 Å². The number of aliphatic hydroxyl groups is 6. The van der Waals surface area contributed by atoms with Gasteiger partial charge < -0.3 is 148 Å². The first-order valence-corrected chi connectivity index (χ1v) is 44.2. The number of hydrogen-bond acceptors (Lipinski definition) is 36. The number of methoxy groups -OCH3 is 1. The molecule has 1 aromatic heterocycles. The van der Waals surface area contributed by atoms with Crippen molar-refractivity contribution in [2.45, 2.75) is 292 Å². The molecule has 1 amide bonds. The van der Waals surface area contributed by atoms with Crippen molar-refractivity contribution in [3.05, 3.63) is 64.7 Å². The number of piperazine rings is 1. The number of benzene rings is 2. The number of nitrogens with two attached hydrogens (primary N) is 5. The van der Waals surface area contributed by atoms with Crippen LogP contribution in [0.15, 0.2) is 47.4 Å². The van der Waals surface area contributed by atoms with Gasteiger partial charge in [0, 0.05) is 132 Å². The molecule has 23 atom stereocenters. The van der Waals surface area contributed by atoms with Crippen LogP contribution in [0, 0.1) is 30.6 Å². The highest BCUT2D eigenvalue weighted by molar-refractivity contribution is 6.24. The number of allylic oxidation sites excluding steroid dienone is 2. The Morgan fingerprint density at radius 2 is 1.10 bits per heavy atom. The zero-order valence-corrected chi connectivity index (χ0v) is 78.5. The van der Waals surface area contributed by atoms with Crippen molar-refractivity contribution in [2.24, 2.45) is 57.4 Å². The molecule has 6 aliphatic heterocycles. The number of carboxylic acids is 5. The van der Waals surface area contributed by atoms with Gasteiger partial charge in [-0.15, -0.1) is 5.10 Å². The number of alkyl halides is 15. The molecule has 2 aromatic carbocycles. The maximum absolute atomic E-state index is 14.8. The van der Waals surface area contributed by atoms with Crippen molar-refractivity contribution in [1.82, 2.24) is 24.9 Å². The number of nitrogens with one attached hydrogen (secondary N) is 1. The van der Waals surface area contributed by atoms with E-state index in [9.17, 15) is 126 Å². The minimum absolute atomic E-state index is 0.0224.